The third kappa shape index (κ3) is 6.53. The van der Waals surface area contributed by atoms with Crippen molar-refractivity contribution in [3.05, 3.63) is 102 Å². The van der Waals surface area contributed by atoms with Crippen LogP contribution in [-0.4, -0.2) is 39.2 Å². The number of ether oxygens (including phenoxy) is 3. The number of hydrogen-bond acceptors (Lipinski definition) is 6. The summed E-state index contributed by atoms with van der Waals surface area (Å²) in [4.78, 5) is 38.0. The molecule has 0 atom stereocenters. The van der Waals surface area contributed by atoms with E-state index in [1.807, 2.05) is 42.5 Å². The number of nitrogens with one attached hydrogen (secondary N) is 3. The molecule has 0 aliphatic rings. The third-order valence-corrected chi connectivity index (χ3v) is 5.79. The standard InChI is InChI=1S/C30H27N3O6/c1-37-25-16-22(17-26(38-2)27(25)39-3)29(35)33-30(36)32-24-11-7-10-23(18-24)31-28(34)21-14-12-20(13-15-21)19-8-5-4-6-9-19/h4-18H,1-3H3,(H,31,34)(H2,32,33,35,36). The largest absolute Gasteiger partial charge is 0.493 e. The molecule has 0 spiro atoms. The van der Waals surface area contributed by atoms with Gasteiger partial charge in [0.1, 0.15) is 0 Å². The van der Waals surface area contributed by atoms with Crippen LogP contribution in [-0.2, 0) is 0 Å². The number of amides is 4. The topological polar surface area (TPSA) is 115 Å². The van der Waals surface area contributed by atoms with Gasteiger partial charge in [0.25, 0.3) is 11.8 Å². The highest BCUT2D eigenvalue weighted by atomic mass is 16.5. The van der Waals surface area contributed by atoms with Crippen LogP contribution in [0.2, 0.25) is 0 Å². The molecule has 4 aromatic rings. The predicted molar refractivity (Wildman–Crippen MR) is 149 cm³/mol. The maximum atomic E-state index is 12.8. The highest BCUT2D eigenvalue weighted by molar-refractivity contribution is 6.09. The maximum absolute atomic E-state index is 12.8. The first-order valence-corrected chi connectivity index (χ1v) is 11.9. The highest BCUT2D eigenvalue weighted by Gasteiger charge is 2.18. The summed E-state index contributed by atoms with van der Waals surface area (Å²) < 4.78 is 15.8. The van der Waals surface area contributed by atoms with Crippen LogP contribution in [0.15, 0.2) is 91.0 Å². The minimum Gasteiger partial charge on any atom is -0.493 e. The summed E-state index contributed by atoms with van der Waals surface area (Å²) in [6, 6.07) is 25.8. The Morgan fingerprint density at radius 2 is 1.15 bits per heavy atom. The lowest BCUT2D eigenvalue weighted by Gasteiger charge is -2.14. The zero-order valence-corrected chi connectivity index (χ0v) is 21.6. The fraction of sp³-hybridized carbons (Fsp3) is 0.100. The second-order valence-electron chi connectivity index (χ2n) is 8.30. The number of methoxy groups -OCH3 is 3. The number of urea groups is 1. The fourth-order valence-corrected chi connectivity index (χ4v) is 3.87. The molecule has 4 amide bonds. The molecule has 0 aliphatic carbocycles. The van der Waals surface area contributed by atoms with E-state index in [2.05, 4.69) is 16.0 Å². The Hall–Kier alpha value is -5.31. The van der Waals surface area contributed by atoms with E-state index in [4.69, 9.17) is 14.2 Å². The zero-order valence-electron chi connectivity index (χ0n) is 21.6. The van der Waals surface area contributed by atoms with E-state index in [1.54, 1.807) is 36.4 Å². The summed E-state index contributed by atoms with van der Waals surface area (Å²) in [6.45, 7) is 0. The number of benzene rings is 4. The van der Waals surface area contributed by atoms with Crippen molar-refractivity contribution < 1.29 is 28.6 Å². The molecule has 3 N–H and O–H groups in total. The van der Waals surface area contributed by atoms with E-state index < -0.39 is 11.9 Å². The first-order valence-electron chi connectivity index (χ1n) is 11.9. The van der Waals surface area contributed by atoms with Crippen LogP contribution in [0.5, 0.6) is 17.2 Å². The van der Waals surface area contributed by atoms with Gasteiger partial charge in [-0.05, 0) is 53.6 Å². The molecule has 4 aromatic carbocycles. The lowest BCUT2D eigenvalue weighted by atomic mass is 10.0. The van der Waals surface area contributed by atoms with Gasteiger partial charge >= 0.3 is 6.03 Å². The lowest BCUT2D eigenvalue weighted by molar-refractivity contribution is 0.0965. The summed E-state index contributed by atoms with van der Waals surface area (Å²) in [7, 11) is 4.31. The molecular weight excluding hydrogens is 498 g/mol. The molecule has 4 rings (SSSR count). The Bertz CT molecular complexity index is 1460. The molecule has 0 saturated carbocycles. The van der Waals surface area contributed by atoms with E-state index >= 15 is 0 Å². The quantitative estimate of drug-likeness (QED) is 0.276. The Balaban J connectivity index is 1.39. The molecule has 9 nitrogen and oxygen atoms in total. The van der Waals surface area contributed by atoms with E-state index in [-0.39, 0.29) is 23.0 Å². The van der Waals surface area contributed by atoms with Crippen LogP contribution in [0.3, 0.4) is 0 Å². The van der Waals surface area contributed by atoms with E-state index in [9.17, 15) is 14.4 Å². The minimum absolute atomic E-state index is 0.138. The van der Waals surface area contributed by atoms with Gasteiger partial charge in [-0.2, -0.15) is 0 Å². The molecule has 198 valence electrons. The Labute approximate surface area is 225 Å². The number of carbonyl (C=O) groups is 3. The molecule has 0 saturated heterocycles. The van der Waals surface area contributed by atoms with Gasteiger partial charge in [0.15, 0.2) is 11.5 Å². The van der Waals surface area contributed by atoms with Crippen molar-refractivity contribution >= 4 is 29.2 Å². The van der Waals surface area contributed by atoms with E-state index in [0.717, 1.165) is 11.1 Å². The van der Waals surface area contributed by atoms with Gasteiger partial charge in [0, 0.05) is 22.5 Å². The fourth-order valence-electron chi connectivity index (χ4n) is 3.87. The van der Waals surface area contributed by atoms with Gasteiger partial charge < -0.3 is 24.8 Å². The number of hydrogen-bond donors (Lipinski definition) is 3. The Kier molecular flexibility index (Phi) is 8.43. The van der Waals surface area contributed by atoms with Gasteiger partial charge in [-0.1, -0.05) is 48.5 Å². The van der Waals surface area contributed by atoms with Crippen molar-refractivity contribution in [3.8, 4) is 28.4 Å². The van der Waals surface area contributed by atoms with Gasteiger partial charge in [0.05, 0.1) is 21.3 Å². The van der Waals surface area contributed by atoms with Crippen molar-refractivity contribution in [2.45, 2.75) is 0 Å². The first-order chi connectivity index (χ1) is 18.9. The molecule has 0 radical (unpaired) electrons. The van der Waals surface area contributed by atoms with Gasteiger partial charge in [-0.15, -0.1) is 0 Å². The molecule has 39 heavy (non-hydrogen) atoms. The first kappa shape index (κ1) is 26.7. The molecule has 9 heteroatoms. The number of anilines is 2. The molecule has 0 unspecified atom stereocenters. The van der Waals surface area contributed by atoms with Gasteiger partial charge in [-0.25, -0.2) is 4.79 Å². The normalized spacial score (nSPS) is 10.2. The molecule has 0 fully saturated rings. The maximum Gasteiger partial charge on any atom is 0.326 e. The molecule has 0 heterocycles. The summed E-state index contributed by atoms with van der Waals surface area (Å²) in [5.74, 6) is -0.0861. The van der Waals surface area contributed by atoms with Gasteiger partial charge in [-0.3, -0.25) is 14.9 Å². The summed E-state index contributed by atoms with van der Waals surface area (Å²) in [6.07, 6.45) is 0. The average molecular weight is 526 g/mol. The van der Waals surface area contributed by atoms with Crippen LogP contribution >= 0.6 is 0 Å². The summed E-state index contributed by atoms with van der Waals surface area (Å²) >= 11 is 0. The smallest absolute Gasteiger partial charge is 0.326 e. The second-order valence-corrected chi connectivity index (χ2v) is 8.30. The number of imide groups is 1. The highest BCUT2D eigenvalue weighted by Crippen LogP contribution is 2.38. The van der Waals surface area contributed by atoms with Crippen molar-refractivity contribution in [3.63, 3.8) is 0 Å². The van der Waals surface area contributed by atoms with Crippen molar-refractivity contribution in [1.82, 2.24) is 5.32 Å². The lowest BCUT2D eigenvalue weighted by Crippen LogP contribution is -2.34. The van der Waals surface area contributed by atoms with Crippen molar-refractivity contribution in [2.24, 2.45) is 0 Å². The second kappa shape index (κ2) is 12.3. The summed E-state index contributed by atoms with van der Waals surface area (Å²) in [5.41, 5.74) is 3.54. The van der Waals surface area contributed by atoms with Crippen molar-refractivity contribution in [2.75, 3.05) is 32.0 Å². The number of carbonyl (C=O) groups excluding carboxylic acids is 3. The van der Waals surface area contributed by atoms with Crippen LogP contribution in [0.4, 0.5) is 16.2 Å². The molecular formula is C30H27N3O6. The van der Waals surface area contributed by atoms with Crippen LogP contribution in [0.1, 0.15) is 20.7 Å². The monoisotopic (exact) mass is 525 g/mol. The minimum atomic E-state index is -0.756. The molecule has 0 aromatic heterocycles. The number of rotatable bonds is 8. The van der Waals surface area contributed by atoms with E-state index in [1.165, 1.54) is 33.5 Å². The van der Waals surface area contributed by atoms with E-state index in [0.29, 0.717) is 22.7 Å². The zero-order chi connectivity index (χ0) is 27.8. The Morgan fingerprint density at radius 1 is 0.564 bits per heavy atom. The SMILES string of the molecule is COc1cc(C(=O)NC(=O)Nc2cccc(NC(=O)c3ccc(-c4ccccc4)cc3)c2)cc(OC)c1OC. The predicted octanol–water partition coefficient (Wildman–Crippen LogP) is 5.59. The van der Waals surface area contributed by atoms with Crippen LogP contribution in [0, 0.1) is 0 Å². The summed E-state index contributed by atoms with van der Waals surface area (Å²) in [5, 5.41) is 7.67. The van der Waals surface area contributed by atoms with Gasteiger partial charge in [0.2, 0.25) is 5.75 Å². The average Bonchev–Trinajstić information content (AvgIpc) is 2.96. The Morgan fingerprint density at radius 3 is 1.74 bits per heavy atom. The van der Waals surface area contributed by atoms with Crippen LogP contribution in [0.25, 0.3) is 11.1 Å². The van der Waals surface area contributed by atoms with Crippen LogP contribution < -0.4 is 30.2 Å². The van der Waals surface area contributed by atoms with Crippen molar-refractivity contribution in [1.29, 1.82) is 0 Å². The molecule has 0 bridgehead atoms. The molecule has 0 aliphatic heterocycles. The third-order valence-electron chi connectivity index (χ3n) is 5.79.